The Balaban J connectivity index is 3.23. The van der Waals surface area contributed by atoms with Crippen LogP contribution in [0.2, 0.25) is 0 Å². The number of isocyanates is 1. The highest BCUT2D eigenvalue weighted by Crippen LogP contribution is 2.28. The first kappa shape index (κ1) is 12.5. The molecule has 1 rings (SSSR count). The summed E-state index contributed by atoms with van der Waals surface area (Å²) in [5.41, 5.74) is 3.96. The van der Waals surface area contributed by atoms with E-state index in [-0.39, 0.29) is 0 Å². The highest BCUT2D eigenvalue weighted by Gasteiger charge is 2.07. The molecule has 3 heteroatoms. The van der Waals surface area contributed by atoms with E-state index in [0.717, 1.165) is 29.9 Å². The van der Waals surface area contributed by atoms with Crippen LogP contribution in [0.25, 0.3) is 0 Å². The molecule has 86 valence electrons. The van der Waals surface area contributed by atoms with Gasteiger partial charge in [0, 0.05) is 18.8 Å². The summed E-state index contributed by atoms with van der Waals surface area (Å²) in [7, 11) is 0. The summed E-state index contributed by atoms with van der Waals surface area (Å²) in [5, 5.41) is 0. The first-order valence-electron chi connectivity index (χ1n) is 5.58. The zero-order valence-electron chi connectivity index (χ0n) is 10.4. The third kappa shape index (κ3) is 2.50. The molecule has 1 aromatic rings. The summed E-state index contributed by atoms with van der Waals surface area (Å²) in [6.07, 6.45) is 1.60. The predicted octanol–water partition coefficient (Wildman–Crippen LogP) is 3.12. The van der Waals surface area contributed by atoms with E-state index in [2.05, 4.69) is 35.9 Å². The maximum absolute atomic E-state index is 10.3. The molecule has 0 aliphatic rings. The molecule has 0 fully saturated rings. The van der Waals surface area contributed by atoms with Gasteiger partial charge in [0.25, 0.3) is 0 Å². The minimum atomic E-state index is 0.742. The van der Waals surface area contributed by atoms with Gasteiger partial charge in [0.2, 0.25) is 6.08 Å². The third-order valence-corrected chi connectivity index (χ3v) is 2.76. The number of anilines is 1. The second-order valence-electron chi connectivity index (χ2n) is 3.80. The largest absolute Gasteiger partial charge is 0.372 e. The van der Waals surface area contributed by atoms with E-state index in [1.807, 2.05) is 13.8 Å². The van der Waals surface area contributed by atoms with Crippen LogP contribution in [0, 0.1) is 13.8 Å². The van der Waals surface area contributed by atoms with Crippen LogP contribution in [0.15, 0.2) is 17.1 Å². The average molecular weight is 218 g/mol. The highest BCUT2D eigenvalue weighted by molar-refractivity contribution is 5.65. The summed E-state index contributed by atoms with van der Waals surface area (Å²) in [6, 6.07) is 4.13. The SMILES string of the molecule is CCN(CC)c1cc(C)c(N=C=O)c(C)c1. The molecule has 0 saturated heterocycles. The van der Waals surface area contributed by atoms with Crippen LogP contribution in [0.3, 0.4) is 0 Å². The van der Waals surface area contributed by atoms with E-state index in [0.29, 0.717) is 0 Å². The molecule has 0 atom stereocenters. The Morgan fingerprint density at radius 3 is 2.06 bits per heavy atom. The monoisotopic (exact) mass is 218 g/mol. The third-order valence-electron chi connectivity index (χ3n) is 2.76. The van der Waals surface area contributed by atoms with Gasteiger partial charge in [-0.25, -0.2) is 4.79 Å². The Morgan fingerprint density at radius 1 is 1.19 bits per heavy atom. The Morgan fingerprint density at radius 2 is 1.69 bits per heavy atom. The van der Waals surface area contributed by atoms with Crippen molar-refractivity contribution in [2.75, 3.05) is 18.0 Å². The van der Waals surface area contributed by atoms with Crippen molar-refractivity contribution in [2.24, 2.45) is 4.99 Å². The smallest absolute Gasteiger partial charge is 0.240 e. The molecule has 0 radical (unpaired) electrons. The van der Waals surface area contributed by atoms with E-state index in [4.69, 9.17) is 0 Å². The quantitative estimate of drug-likeness (QED) is 0.574. The summed E-state index contributed by atoms with van der Waals surface area (Å²) < 4.78 is 0. The fourth-order valence-electron chi connectivity index (χ4n) is 1.93. The van der Waals surface area contributed by atoms with Gasteiger partial charge in [-0.05, 0) is 51.0 Å². The van der Waals surface area contributed by atoms with Gasteiger partial charge in [-0.2, -0.15) is 4.99 Å². The van der Waals surface area contributed by atoms with E-state index < -0.39 is 0 Å². The van der Waals surface area contributed by atoms with Crippen molar-refractivity contribution in [1.29, 1.82) is 0 Å². The second-order valence-corrected chi connectivity index (χ2v) is 3.80. The van der Waals surface area contributed by atoms with Gasteiger partial charge in [0.15, 0.2) is 0 Å². The van der Waals surface area contributed by atoms with Gasteiger partial charge in [0.05, 0.1) is 5.69 Å². The predicted molar refractivity (Wildman–Crippen MR) is 67.3 cm³/mol. The fourth-order valence-corrected chi connectivity index (χ4v) is 1.93. The first-order valence-corrected chi connectivity index (χ1v) is 5.58. The van der Waals surface area contributed by atoms with Crippen molar-refractivity contribution in [2.45, 2.75) is 27.7 Å². The molecule has 1 aromatic carbocycles. The van der Waals surface area contributed by atoms with E-state index in [1.165, 1.54) is 5.69 Å². The molecule has 0 amide bonds. The molecule has 0 N–H and O–H groups in total. The Hall–Kier alpha value is -1.60. The second kappa shape index (κ2) is 5.47. The van der Waals surface area contributed by atoms with Gasteiger partial charge in [-0.15, -0.1) is 0 Å². The lowest BCUT2D eigenvalue weighted by Gasteiger charge is -2.22. The molecule has 0 bridgehead atoms. The lowest BCUT2D eigenvalue weighted by Crippen LogP contribution is -2.21. The fraction of sp³-hybridized carbons (Fsp3) is 0.462. The van der Waals surface area contributed by atoms with Crippen LogP contribution in [0.1, 0.15) is 25.0 Å². The van der Waals surface area contributed by atoms with Gasteiger partial charge in [-0.1, -0.05) is 0 Å². The molecule has 0 unspecified atom stereocenters. The normalized spacial score (nSPS) is 9.75. The van der Waals surface area contributed by atoms with Crippen LogP contribution >= 0.6 is 0 Å². The minimum absolute atomic E-state index is 0.742. The number of aliphatic imine (C=N–C) groups is 1. The van der Waals surface area contributed by atoms with E-state index >= 15 is 0 Å². The lowest BCUT2D eigenvalue weighted by atomic mass is 10.1. The van der Waals surface area contributed by atoms with Crippen molar-refractivity contribution >= 4 is 17.5 Å². The molecule has 16 heavy (non-hydrogen) atoms. The number of carbonyl (C=O) groups excluding carboxylic acids is 1. The number of hydrogen-bond donors (Lipinski definition) is 0. The summed E-state index contributed by atoms with van der Waals surface area (Å²) in [5.74, 6) is 0. The number of benzene rings is 1. The Labute approximate surface area is 96.8 Å². The zero-order chi connectivity index (χ0) is 12.1. The summed E-state index contributed by atoms with van der Waals surface area (Å²) >= 11 is 0. The number of hydrogen-bond acceptors (Lipinski definition) is 3. The molecular weight excluding hydrogens is 200 g/mol. The average Bonchev–Trinajstić information content (AvgIpc) is 2.25. The Kier molecular flexibility index (Phi) is 4.27. The highest BCUT2D eigenvalue weighted by atomic mass is 16.1. The molecular formula is C13H18N2O. The molecule has 0 aromatic heterocycles. The van der Waals surface area contributed by atoms with Crippen LogP contribution in [-0.2, 0) is 4.79 Å². The minimum Gasteiger partial charge on any atom is -0.372 e. The summed E-state index contributed by atoms with van der Waals surface area (Å²) in [6.45, 7) is 10.2. The molecule has 0 saturated carbocycles. The van der Waals surface area contributed by atoms with Crippen LogP contribution in [0.5, 0.6) is 0 Å². The molecule has 0 aliphatic heterocycles. The number of aryl methyl sites for hydroxylation is 2. The van der Waals surface area contributed by atoms with Gasteiger partial charge >= 0.3 is 0 Å². The maximum atomic E-state index is 10.3. The topological polar surface area (TPSA) is 32.7 Å². The van der Waals surface area contributed by atoms with Crippen LogP contribution in [0.4, 0.5) is 11.4 Å². The molecule has 0 aliphatic carbocycles. The van der Waals surface area contributed by atoms with Crippen molar-refractivity contribution < 1.29 is 4.79 Å². The van der Waals surface area contributed by atoms with E-state index in [1.54, 1.807) is 6.08 Å². The number of rotatable bonds is 4. The van der Waals surface area contributed by atoms with E-state index in [9.17, 15) is 4.79 Å². The lowest BCUT2D eigenvalue weighted by molar-refractivity contribution is 0.565. The van der Waals surface area contributed by atoms with Crippen LogP contribution in [-0.4, -0.2) is 19.2 Å². The first-order chi connectivity index (χ1) is 7.63. The number of nitrogens with zero attached hydrogens (tertiary/aromatic N) is 2. The summed E-state index contributed by atoms with van der Waals surface area (Å²) in [4.78, 5) is 16.3. The van der Waals surface area contributed by atoms with Crippen molar-refractivity contribution in [1.82, 2.24) is 0 Å². The van der Waals surface area contributed by atoms with Gasteiger partial charge in [-0.3, -0.25) is 0 Å². The van der Waals surface area contributed by atoms with Crippen LogP contribution < -0.4 is 4.90 Å². The molecule has 3 nitrogen and oxygen atoms in total. The zero-order valence-corrected chi connectivity index (χ0v) is 10.4. The van der Waals surface area contributed by atoms with Crippen molar-refractivity contribution in [3.8, 4) is 0 Å². The van der Waals surface area contributed by atoms with Crippen molar-refractivity contribution in [3.05, 3.63) is 23.3 Å². The Bertz CT molecular complexity index is 393. The standard InChI is InChI=1S/C13H18N2O/c1-5-15(6-2)12-7-10(3)13(14-9-16)11(4)8-12/h7-8H,5-6H2,1-4H3. The maximum Gasteiger partial charge on any atom is 0.240 e. The van der Waals surface area contributed by atoms with Crippen molar-refractivity contribution in [3.63, 3.8) is 0 Å². The van der Waals surface area contributed by atoms with Gasteiger partial charge < -0.3 is 4.90 Å². The molecule has 0 spiro atoms. The van der Waals surface area contributed by atoms with Gasteiger partial charge in [0.1, 0.15) is 0 Å². The molecule has 0 heterocycles.